The molecule has 1 aliphatic rings. The van der Waals surface area contributed by atoms with Crippen LogP contribution in [0.1, 0.15) is 65.7 Å². The Bertz CT molecular complexity index is 338. The van der Waals surface area contributed by atoms with Crippen molar-refractivity contribution in [3.8, 4) is 0 Å². The molecule has 0 heterocycles. The fourth-order valence-electron chi connectivity index (χ4n) is 2.99. The van der Waals surface area contributed by atoms with Crippen molar-refractivity contribution >= 4 is 11.9 Å². The Morgan fingerprint density at radius 2 is 1.82 bits per heavy atom. The average molecular weight is 310 g/mol. The zero-order valence-electron chi connectivity index (χ0n) is 14.6. The summed E-state index contributed by atoms with van der Waals surface area (Å²) in [7, 11) is 0. The summed E-state index contributed by atoms with van der Waals surface area (Å²) in [4.78, 5) is 15.8. The maximum Gasteiger partial charge on any atom is 0.241 e. The Morgan fingerprint density at radius 3 is 2.45 bits per heavy atom. The van der Waals surface area contributed by atoms with Gasteiger partial charge >= 0.3 is 0 Å². The van der Waals surface area contributed by atoms with Gasteiger partial charge in [-0.25, -0.2) is 4.99 Å². The van der Waals surface area contributed by atoms with Gasteiger partial charge in [0, 0.05) is 19.1 Å². The number of guanidine groups is 1. The van der Waals surface area contributed by atoms with Crippen LogP contribution >= 0.6 is 0 Å². The molecule has 0 spiro atoms. The van der Waals surface area contributed by atoms with Crippen molar-refractivity contribution in [3.63, 3.8) is 0 Å². The van der Waals surface area contributed by atoms with Gasteiger partial charge in [-0.2, -0.15) is 0 Å². The van der Waals surface area contributed by atoms with E-state index in [1.807, 2.05) is 13.8 Å². The molecule has 1 amide bonds. The van der Waals surface area contributed by atoms with Crippen molar-refractivity contribution in [2.24, 2.45) is 10.9 Å². The number of likely N-dealkylation sites (N-methyl/N-ethyl adjacent to an activating group) is 1. The molecule has 0 aromatic heterocycles. The summed E-state index contributed by atoms with van der Waals surface area (Å²) < 4.78 is 0. The highest BCUT2D eigenvalue weighted by Gasteiger charge is 2.15. The van der Waals surface area contributed by atoms with E-state index in [4.69, 9.17) is 0 Å². The predicted molar refractivity (Wildman–Crippen MR) is 93.1 cm³/mol. The quantitative estimate of drug-likeness (QED) is 0.476. The van der Waals surface area contributed by atoms with E-state index >= 15 is 0 Å². The lowest BCUT2D eigenvalue weighted by Crippen LogP contribution is -2.43. The molecule has 0 aromatic carbocycles. The molecule has 1 atom stereocenters. The second kappa shape index (κ2) is 11.3. The maximum absolute atomic E-state index is 11.5. The molecule has 1 saturated carbocycles. The fraction of sp³-hybridized carbons (Fsp3) is 0.882. The van der Waals surface area contributed by atoms with Crippen LogP contribution < -0.4 is 16.0 Å². The van der Waals surface area contributed by atoms with Crippen LogP contribution in [0.25, 0.3) is 0 Å². The van der Waals surface area contributed by atoms with Crippen LogP contribution in [-0.4, -0.2) is 37.5 Å². The van der Waals surface area contributed by atoms with Crippen LogP contribution in [0.4, 0.5) is 0 Å². The number of nitrogens with zero attached hydrogens (tertiary/aromatic N) is 1. The van der Waals surface area contributed by atoms with Crippen molar-refractivity contribution in [1.29, 1.82) is 0 Å². The second-order valence-corrected chi connectivity index (χ2v) is 6.28. The molecular weight excluding hydrogens is 276 g/mol. The first-order valence-corrected chi connectivity index (χ1v) is 8.97. The molecule has 1 fully saturated rings. The van der Waals surface area contributed by atoms with Crippen LogP contribution in [-0.2, 0) is 4.79 Å². The highest BCUT2D eigenvalue weighted by atomic mass is 16.1. The van der Waals surface area contributed by atoms with Crippen molar-refractivity contribution in [2.75, 3.05) is 19.6 Å². The van der Waals surface area contributed by atoms with Crippen LogP contribution in [0.15, 0.2) is 4.99 Å². The molecular formula is C17H34N4O. The molecule has 5 heteroatoms. The van der Waals surface area contributed by atoms with Crippen LogP contribution in [0, 0.1) is 5.92 Å². The molecule has 128 valence electrons. The summed E-state index contributed by atoms with van der Waals surface area (Å²) in [6.45, 7) is 7.78. The van der Waals surface area contributed by atoms with Gasteiger partial charge in [0.25, 0.3) is 0 Å². The summed E-state index contributed by atoms with van der Waals surface area (Å²) >= 11 is 0. The third kappa shape index (κ3) is 8.25. The minimum absolute atomic E-state index is 0.0328. The number of nitrogens with one attached hydrogen (secondary N) is 3. The van der Waals surface area contributed by atoms with Crippen molar-refractivity contribution in [1.82, 2.24) is 16.0 Å². The maximum atomic E-state index is 11.5. The van der Waals surface area contributed by atoms with Crippen LogP contribution in [0.5, 0.6) is 0 Å². The number of amides is 1. The molecule has 5 nitrogen and oxygen atoms in total. The molecule has 0 saturated heterocycles. The Kier molecular flexibility index (Phi) is 9.67. The van der Waals surface area contributed by atoms with E-state index in [1.54, 1.807) is 0 Å². The number of carbonyl (C=O) groups excluding carboxylic acids is 1. The topological polar surface area (TPSA) is 65.5 Å². The van der Waals surface area contributed by atoms with Gasteiger partial charge in [0.1, 0.15) is 6.54 Å². The van der Waals surface area contributed by atoms with E-state index in [-0.39, 0.29) is 12.5 Å². The first kappa shape index (κ1) is 18.8. The van der Waals surface area contributed by atoms with Gasteiger partial charge in [-0.05, 0) is 39.5 Å². The number of hydrogen-bond acceptors (Lipinski definition) is 2. The van der Waals surface area contributed by atoms with Gasteiger partial charge in [0.2, 0.25) is 5.91 Å². The third-order valence-corrected chi connectivity index (χ3v) is 4.21. The molecule has 0 aromatic rings. The number of rotatable bonds is 8. The predicted octanol–water partition coefficient (Wildman–Crippen LogP) is 2.43. The van der Waals surface area contributed by atoms with E-state index in [1.165, 1.54) is 38.5 Å². The normalized spacial score (nSPS) is 17.9. The van der Waals surface area contributed by atoms with E-state index in [9.17, 15) is 4.79 Å². The van der Waals surface area contributed by atoms with Gasteiger partial charge in [0.15, 0.2) is 5.96 Å². The van der Waals surface area contributed by atoms with E-state index < -0.39 is 0 Å². The zero-order valence-corrected chi connectivity index (χ0v) is 14.6. The first-order chi connectivity index (χ1) is 10.7. The monoisotopic (exact) mass is 310 g/mol. The minimum Gasteiger partial charge on any atom is -0.357 e. The molecule has 0 bridgehead atoms. The highest BCUT2D eigenvalue weighted by molar-refractivity contribution is 5.84. The van der Waals surface area contributed by atoms with Gasteiger partial charge in [0.05, 0.1) is 0 Å². The lowest BCUT2D eigenvalue weighted by Gasteiger charge is -2.24. The molecule has 1 unspecified atom stereocenters. The molecule has 0 aliphatic heterocycles. The van der Waals surface area contributed by atoms with Gasteiger partial charge < -0.3 is 16.0 Å². The highest BCUT2D eigenvalue weighted by Crippen LogP contribution is 2.27. The number of hydrogen-bond donors (Lipinski definition) is 3. The van der Waals surface area contributed by atoms with Gasteiger partial charge in [-0.15, -0.1) is 0 Å². The summed E-state index contributed by atoms with van der Waals surface area (Å²) in [6, 6.07) is 0.383. The van der Waals surface area contributed by atoms with Gasteiger partial charge in [-0.3, -0.25) is 4.79 Å². The fourth-order valence-corrected chi connectivity index (χ4v) is 2.99. The van der Waals surface area contributed by atoms with Crippen molar-refractivity contribution in [2.45, 2.75) is 71.8 Å². The Balaban J connectivity index is 2.33. The average Bonchev–Trinajstić information content (AvgIpc) is 2.52. The first-order valence-electron chi connectivity index (χ1n) is 8.97. The van der Waals surface area contributed by atoms with Crippen molar-refractivity contribution < 1.29 is 4.79 Å². The summed E-state index contributed by atoms with van der Waals surface area (Å²) in [6.07, 6.45) is 9.49. The largest absolute Gasteiger partial charge is 0.357 e. The summed E-state index contributed by atoms with van der Waals surface area (Å²) in [5.41, 5.74) is 0. The lowest BCUT2D eigenvalue weighted by molar-refractivity contribution is -0.119. The molecule has 1 aliphatic carbocycles. The molecule has 0 radical (unpaired) electrons. The standard InChI is InChI=1S/C17H34N4O/c1-4-18-16(22)13-20-17(19-5-2)21-14(3)11-12-15-9-7-6-8-10-15/h14-15H,4-13H2,1-3H3,(H,18,22)(H2,19,20,21). The Hall–Kier alpha value is -1.26. The zero-order chi connectivity index (χ0) is 16.2. The van der Waals surface area contributed by atoms with Crippen LogP contribution in [0.2, 0.25) is 0 Å². The molecule has 22 heavy (non-hydrogen) atoms. The summed E-state index contributed by atoms with van der Waals surface area (Å²) in [5.74, 6) is 1.62. The Morgan fingerprint density at radius 1 is 1.14 bits per heavy atom. The Labute approximate surface area is 135 Å². The lowest BCUT2D eigenvalue weighted by atomic mass is 9.85. The van der Waals surface area contributed by atoms with Gasteiger partial charge in [-0.1, -0.05) is 32.1 Å². The molecule has 3 N–H and O–H groups in total. The SMILES string of the molecule is CCNC(=O)CN=C(NCC)NC(C)CCC1CCCCC1. The second-order valence-electron chi connectivity index (χ2n) is 6.28. The number of aliphatic imine (C=N–C) groups is 1. The van der Waals surface area contributed by atoms with E-state index in [0.717, 1.165) is 24.8 Å². The minimum atomic E-state index is -0.0328. The molecule has 1 rings (SSSR count). The van der Waals surface area contributed by atoms with E-state index in [2.05, 4.69) is 27.9 Å². The smallest absolute Gasteiger partial charge is 0.241 e. The van der Waals surface area contributed by atoms with Crippen LogP contribution in [0.3, 0.4) is 0 Å². The van der Waals surface area contributed by atoms with Crippen molar-refractivity contribution in [3.05, 3.63) is 0 Å². The van der Waals surface area contributed by atoms with E-state index in [0.29, 0.717) is 12.6 Å². The third-order valence-electron chi connectivity index (χ3n) is 4.21. The number of carbonyl (C=O) groups is 1. The summed E-state index contributed by atoms with van der Waals surface area (Å²) in [5, 5.41) is 9.38.